The number of nitrogens with zero attached hydrogens (tertiary/aromatic N) is 1. The Hall–Kier alpha value is -2.66. The molecule has 3 rings (SSSR count). The summed E-state index contributed by atoms with van der Waals surface area (Å²) in [6.07, 6.45) is 1.43. The van der Waals surface area contributed by atoms with E-state index in [1.165, 1.54) is 6.20 Å². The number of hydrogen-bond donors (Lipinski definition) is 1. The molecular formula is C21H23NO4. The number of carbonyl (C=O) groups excluding carboxylic acids is 1. The van der Waals surface area contributed by atoms with Gasteiger partial charge in [-0.1, -0.05) is 6.07 Å². The van der Waals surface area contributed by atoms with Crippen molar-refractivity contribution in [2.75, 3.05) is 0 Å². The molecule has 0 amide bonds. The minimum Gasteiger partial charge on any atom is -0.618 e. The van der Waals surface area contributed by atoms with Crippen LogP contribution < -0.4 is 4.73 Å². The fourth-order valence-electron chi connectivity index (χ4n) is 3.39. The summed E-state index contributed by atoms with van der Waals surface area (Å²) in [6, 6.07) is 10.6. The first kappa shape index (κ1) is 18.1. The third-order valence-corrected chi connectivity index (χ3v) is 4.72. The molecule has 0 aliphatic carbocycles. The normalized spacial score (nSPS) is 18.9. The number of hydrogen-bond acceptors (Lipinski definition) is 4. The van der Waals surface area contributed by atoms with E-state index in [0.29, 0.717) is 16.8 Å². The first-order chi connectivity index (χ1) is 12.0. The summed E-state index contributed by atoms with van der Waals surface area (Å²) < 4.78 is 6.58. The highest BCUT2D eigenvalue weighted by atomic mass is 16.5. The summed E-state index contributed by atoms with van der Waals surface area (Å²) >= 11 is 0. The molecule has 136 valence electrons. The van der Waals surface area contributed by atoms with Gasteiger partial charge in [0.1, 0.15) is 17.0 Å². The Morgan fingerprint density at radius 3 is 2.42 bits per heavy atom. The number of aromatic nitrogens is 1. The van der Waals surface area contributed by atoms with E-state index >= 15 is 0 Å². The highest BCUT2D eigenvalue weighted by Crippen LogP contribution is 2.41. The number of pyridine rings is 1. The average Bonchev–Trinajstić information content (AvgIpc) is 2.55. The smallest absolute Gasteiger partial charge is 0.223 e. The van der Waals surface area contributed by atoms with Crippen molar-refractivity contribution >= 4 is 11.4 Å². The number of rotatable bonds is 2. The zero-order valence-electron chi connectivity index (χ0n) is 15.7. The van der Waals surface area contributed by atoms with Crippen LogP contribution in [0.4, 0.5) is 0 Å². The first-order valence-corrected chi connectivity index (χ1v) is 8.53. The zero-order chi connectivity index (χ0) is 19.3. The van der Waals surface area contributed by atoms with Crippen molar-refractivity contribution < 1.29 is 19.4 Å². The van der Waals surface area contributed by atoms with E-state index in [1.807, 2.05) is 19.1 Å². The largest absolute Gasteiger partial charge is 0.618 e. The lowest BCUT2D eigenvalue weighted by Gasteiger charge is -2.40. The quantitative estimate of drug-likeness (QED) is 0.660. The molecule has 0 atom stereocenters. The second kappa shape index (κ2) is 5.95. The van der Waals surface area contributed by atoms with Crippen molar-refractivity contribution in [1.82, 2.24) is 0 Å². The van der Waals surface area contributed by atoms with E-state index in [4.69, 9.17) is 4.74 Å². The van der Waals surface area contributed by atoms with Crippen LogP contribution in [0.25, 0.3) is 16.8 Å². The van der Waals surface area contributed by atoms with Gasteiger partial charge in [0.25, 0.3) is 0 Å². The Labute approximate surface area is 153 Å². The van der Waals surface area contributed by atoms with Crippen molar-refractivity contribution in [3.63, 3.8) is 0 Å². The number of Topliss-reactive ketones (excluding diaryl/α,β-unsaturated/α-hetero) is 1. The van der Waals surface area contributed by atoms with E-state index < -0.39 is 11.2 Å². The second-order valence-corrected chi connectivity index (χ2v) is 7.62. The summed E-state index contributed by atoms with van der Waals surface area (Å²) in [4.78, 5) is 13.0. The summed E-state index contributed by atoms with van der Waals surface area (Å²) in [5.41, 5.74) is 0.810. The molecule has 2 heterocycles. The molecule has 0 radical (unpaired) electrons. The van der Waals surface area contributed by atoms with E-state index in [2.05, 4.69) is 0 Å². The molecule has 26 heavy (non-hydrogen) atoms. The SMILES string of the molecule is Cc1ccc(-c2cccc[n+]2[O-])cc1C1=C(O)C(C)(C)OC(C)(C)C1=O. The van der Waals surface area contributed by atoms with Crippen molar-refractivity contribution in [2.45, 2.75) is 45.8 Å². The molecule has 0 unspecified atom stereocenters. The monoisotopic (exact) mass is 353 g/mol. The maximum atomic E-state index is 13.0. The number of ether oxygens (including phenoxy) is 1. The number of aliphatic hydroxyl groups excluding tert-OH is 1. The number of ketones is 1. The first-order valence-electron chi connectivity index (χ1n) is 8.53. The van der Waals surface area contributed by atoms with E-state index in [0.717, 1.165) is 10.3 Å². The van der Waals surface area contributed by atoms with Gasteiger partial charge in [0.2, 0.25) is 5.69 Å². The summed E-state index contributed by atoms with van der Waals surface area (Å²) in [7, 11) is 0. The van der Waals surface area contributed by atoms with E-state index in [1.54, 1.807) is 52.0 Å². The van der Waals surface area contributed by atoms with Crippen LogP contribution in [0.2, 0.25) is 0 Å². The van der Waals surface area contributed by atoms with Crippen molar-refractivity contribution in [3.05, 3.63) is 64.7 Å². The Bertz CT molecular complexity index is 925. The Morgan fingerprint density at radius 1 is 1.08 bits per heavy atom. The van der Waals surface area contributed by atoms with Gasteiger partial charge in [-0.2, -0.15) is 4.73 Å². The van der Waals surface area contributed by atoms with Gasteiger partial charge in [0, 0.05) is 17.7 Å². The topological polar surface area (TPSA) is 73.5 Å². The maximum absolute atomic E-state index is 13.0. The fraction of sp³-hybridized carbons (Fsp3) is 0.333. The van der Waals surface area contributed by atoms with Crippen molar-refractivity contribution in [3.8, 4) is 11.3 Å². The van der Waals surface area contributed by atoms with Crippen LogP contribution in [0.5, 0.6) is 0 Å². The maximum Gasteiger partial charge on any atom is 0.223 e. The molecule has 0 fully saturated rings. The van der Waals surface area contributed by atoms with Crippen LogP contribution >= 0.6 is 0 Å². The molecule has 1 aliphatic heterocycles. The number of benzene rings is 1. The van der Waals surface area contributed by atoms with E-state index in [-0.39, 0.29) is 17.1 Å². The molecule has 2 aromatic rings. The molecule has 0 bridgehead atoms. The summed E-state index contributed by atoms with van der Waals surface area (Å²) in [6.45, 7) is 8.74. The number of aryl methyl sites for hydroxylation is 1. The molecule has 5 nitrogen and oxygen atoms in total. The van der Waals surface area contributed by atoms with Gasteiger partial charge in [0.05, 0.1) is 5.57 Å². The summed E-state index contributed by atoms with van der Waals surface area (Å²) in [5.74, 6) is -0.372. The van der Waals surface area contributed by atoms with Gasteiger partial charge in [-0.15, -0.1) is 0 Å². The van der Waals surface area contributed by atoms with Gasteiger partial charge in [-0.3, -0.25) is 4.79 Å². The predicted octanol–water partition coefficient (Wildman–Crippen LogP) is 3.72. The minimum atomic E-state index is -1.06. The Balaban J connectivity index is 2.25. The predicted molar refractivity (Wildman–Crippen MR) is 99.4 cm³/mol. The van der Waals surface area contributed by atoms with Crippen LogP contribution in [0.3, 0.4) is 0 Å². The molecule has 1 aliphatic rings. The standard InChI is InChI=1S/C21H23NO4/c1-13-9-10-14(16-8-6-7-11-22(16)25)12-15(13)17-18(23)20(2,3)26-21(4,5)19(17)24/h6-12,23H,1-5H3. The highest BCUT2D eigenvalue weighted by molar-refractivity contribution is 6.26. The molecule has 0 spiro atoms. The lowest BCUT2D eigenvalue weighted by molar-refractivity contribution is -0.593. The molecule has 5 heteroatoms. The molecule has 1 aromatic heterocycles. The van der Waals surface area contributed by atoms with Crippen LogP contribution in [0.1, 0.15) is 38.8 Å². The molecule has 1 N–H and O–H groups in total. The lowest BCUT2D eigenvalue weighted by atomic mass is 9.81. The molecular weight excluding hydrogens is 330 g/mol. The third kappa shape index (κ3) is 2.88. The molecule has 0 saturated carbocycles. The van der Waals surface area contributed by atoms with E-state index in [9.17, 15) is 15.1 Å². The van der Waals surface area contributed by atoms with Crippen LogP contribution in [-0.4, -0.2) is 22.1 Å². The highest BCUT2D eigenvalue weighted by Gasteiger charge is 2.47. The average molecular weight is 353 g/mol. The lowest BCUT2D eigenvalue weighted by Crippen LogP contribution is -2.49. The molecule has 1 aromatic carbocycles. The Morgan fingerprint density at radius 2 is 1.77 bits per heavy atom. The number of carbonyl (C=O) groups is 1. The Kier molecular flexibility index (Phi) is 4.15. The van der Waals surface area contributed by atoms with Crippen molar-refractivity contribution in [2.24, 2.45) is 0 Å². The van der Waals surface area contributed by atoms with Crippen LogP contribution in [-0.2, 0) is 9.53 Å². The van der Waals surface area contributed by atoms with Gasteiger partial charge < -0.3 is 15.1 Å². The fourth-order valence-corrected chi connectivity index (χ4v) is 3.39. The van der Waals surface area contributed by atoms with Gasteiger partial charge in [-0.25, -0.2) is 0 Å². The van der Waals surface area contributed by atoms with Gasteiger partial charge in [0.15, 0.2) is 12.0 Å². The van der Waals surface area contributed by atoms with Crippen LogP contribution in [0.15, 0.2) is 48.4 Å². The van der Waals surface area contributed by atoms with Crippen LogP contribution in [0, 0.1) is 12.1 Å². The summed E-state index contributed by atoms with van der Waals surface area (Å²) in [5, 5.41) is 22.9. The zero-order valence-corrected chi connectivity index (χ0v) is 15.7. The molecule has 0 saturated heterocycles. The van der Waals surface area contributed by atoms with Crippen molar-refractivity contribution in [1.29, 1.82) is 0 Å². The van der Waals surface area contributed by atoms with Gasteiger partial charge >= 0.3 is 0 Å². The third-order valence-electron chi connectivity index (χ3n) is 4.72. The second-order valence-electron chi connectivity index (χ2n) is 7.62. The number of aliphatic hydroxyl groups is 1. The minimum absolute atomic E-state index is 0.0925. The van der Waals surface area contributed by atoms with Gasteiger partial charge in [-0.05, 0) is 63.9 Å².